The predicted molar refractivity (Wildman–Crippen MR) is 83.9 cm³/mol. The number of rotatable bonds is 4. The summed E-state index contributed by atoms with van der Waals surface area (Å²) in [6.45, 7) is 3.31. The van der Waals surface area contributed by atoms with Gasteiger partial charge in [0, 0.05) is 31.0 Å². The first kappa shape index (κ1) is 14.9. The molecule has 21 heavy (non-hydrogen) atoms. The van der Waals surface area contributed by atoms with Crippen molar-refractivity contribution < 1.29 is 5.11 Å². The normalized spacial score (nSPS) is 28.6. The summed E-state index contributed by atoms with van der Waals surface area (Å²) in [5.74, 6) is 0. The zero-order valence-electron chi connectivity index (χ0n) is 12.7. The highest BCUT2D eigenvalue weighted by atomic mass is 16.3. The Bertz CT molecular complexity index is 417. The van der Waals surface area contributed by atoms with Gasteiger partial charge in [0.1, 0.15) is 0 Å². The molecular weight excluding hydrogens is 262 g/mol. The largest absolute Gasteiger partial charge is 0.392 e. The molecule has 2 fully saturated rings. The van der Waals surface area contributed by atoms with E-state index in [2.05, 4.69) is 27.3 Å². The Kier molecular flexibility index (Phi) is 5.22. The molecule has 0 spiro atoms. The fourth-order valence-electron chi connectivity index (χ4n) is 3.61. The van der Waals surface area contributed by atoms with Crippen molar-refractivity contribution in [1.29, 1.82) is 0 Å². The van der Waals surface area contributed by atoms with Gasteiger partial charge in [-0.05, 0) is 56.5 Å². The molecule has 1 aromatic rings. The standard InChI is InChI=1S/C17H27N3O/c21-17-4-2-1-3-16(17)19-15-7-11-20(12-8-15)13-14-5-9-18-10-6-14/h5-6,9-10,15-17,19,21H,1-4,7-8,11-13H2. The van der Waals surface area contributed by atoms with Crippen molar-refractivity contribution in [3.63, 3.8) is 0 Å². The Hall–Kier alpha value is -0.970. The third kappa shape index (κ3) is 4.25. The first-order valence-corrected chi connectivity index (χ1v) is 8.36. The number of aromatic nitrogens is 1. The Morgan fingerprint density at radius 1 is 1.10 bits per heavy atom. The molecule has 0 bridgehead atoms. The number of likely N-dealkylation sites (tertiary alicyclic amines) is 1. The van der Waals surface area contributed by atoms with Gasteiger partial charge in [-0.25, -0.2) is 0 Å². The summed E-state index contributed by atoms with van der Waals surface area (Å²) in [5.41, 5.74) is 1.35. The molecule has 1 saturated heterocycles. The topological polar surface area (TPSA) is 48.4 Å². The Morgan fingerprint density at radius 3 is 2.52 bits per heavy atom. The van der Waals surface area contributed by atoms with Crippen LogP contribution in [0.25, 0.3) is 0 Å². The van der Waals surface area contributed by atoms with Crippen LogP contribution < -0.4 is 5.32 Å². The average Bonchev–Trinajstić information content (AvgIpc) is 2.52. The lowest BCUT2D eigenvalue weighted by atomic mass is 9.91. The van der Waals surface area contributed by atoms with E-state index in [-0.39, 0.29) is 6.10 Å². The van der Waals surface area contributed by atoms with E-state index in [1.165, 1.54) is 31.2 Å². The van der Waals surface area contributed by atoms with Gasteiger partial charge in [0.05, 0.1) is 6.10 Å². The molecule has 1 aliphatic heterocycles. The number of pyridine rings is 1. The SMILES string of the molecule is OC1CCCCC1NC1CCN(Cc2ccncc2)CC1. The van der Waals surface area contributed by atoms with Crippen LogP contribution >= 0.6 is 0 Å². The number of aliphatic hydroxyl groups is 1. The van der Waals surface area contributed by atoms with E-state index < -0.39 is 0 Å². The van der Waals surface area contributed by atoms with Crippen molar-refractivity contribution in [3.8, 4) is 0 Å². The molecule has 1 aromatic heterocycles. The zero-order valence-corrected chi connectivity index (χ0v) is 12.7. The van der Waals surface area contributed by atoms with Crippen molar-refractivity contribution in [2.24, 2.45) is 0 Å². The van der Waals surface area contributed by atoms with Gasteiger partial charge in [-0.2, -0.15) is 0 Å². The summed E-state index contributed by atoms with van der Waals surface area (Å²) in [6.07, 6.45) is 10.5. The highest BCUT2D eigenvalue weighted by Gasteiger charge is 2.27. The lowest BCUT2D eigenvalue weighted by Crippen LogP contribution is -2.50. The van der Waals surface area contributed by atoms with Gasteiger partial charge in [-0.15, -0.1) is 0 Å². The third-order valence-corrected chi connectivity index (χ3v) is 4.92. The highest BCUT2D eigenvalue weighted by molar-refractivity contribution is 5.09. The minimum atomic E-state index is -0.131. The summed E-state index contributed by atoms with van der Waals surface area (Å²) in [7, 11) is 0. The maximum Gasteiger partial charge on any atom is 0.0693 e. The van der Waals surface area contributed by atoms with Gasteiger partial charge in [0.15, 0.2) is 0 Å². The van der Waals surface area contributed by atoms with E-state index in [0.717, 1.165) is 32.5 Å². The lowest BCUT2D eigenvalue weighted by molar-refractivity contribution is 0.0759. The van der Waals surface area contributed by atoms with Crippen LogP contribution in [0.1, 0.15) is 44.1 Å². The second-order valence-corrected chi connectivity index (χ2v) is 6.53. The Labute approximate surface area is 127 Å². The highest BCUT2D eigenvalue weighted by Crippen LogP contribution is 2.21. The first-order valence-electron chi connectivity index (χ1n) is 8.36. The maximum atomic E-state index is 10.1. The smallest absolute Gasteiger partial charge is 0.0693 e. The van der Waals surface area contributed by atoms with Gasteiger partial charge in [-0.3, -0.25) is 9.88 Å². The Balaban J connectivity index is 1.42. The quantitative estimate of drug-likeness (QED) is 0.889. The molecule has 1 aliphatic carbocycles. The van der Waals surface area contributed by atoms with Crippen LogP contribution in [0.4, 0.5) is 0 Å². The van der Waals surface area contributed by atoms with Crippen LogP contribution in [0.2, 0.25) is 0 Å². The number of piperidine rings is 1. The summed E-state index contributed by atoms with van der Waals surface area (Å²) < 4.78 is 0. The second-order valence-electron chi connectivity index (χ2n) is 6.53. The van der Waals surface area contributed by atoms with Crippen LogP contribution in [0, 0.1) is 0 Å². The van der Waals surface area contributed by atoms with E-state index in [1.54, 1.807) is 0 Å². The minimum absolute atomic E-state index is 0.131. The number of hydrogen-bond acceptors (Lipinski definition) is 4. The molecule has 0 amide bonds. The van der Waals surface area contributed by atoms with Crippen molar-refractivity contribution >= 4 is 0 Å². The fraction of sp³-hybridized carbons (Fsp3) is 0.706. The van der Waals surface area contributed by atoms with Crippen molar-refractivity contribution in [2.75, 3.05) is 13.1 Å². The van der Waals surface area contributed by atoms with Crippen LogP contribution in [-0.4, -0.2) is 46.3 Å². The van der Waals surface area contributed by atoms with Crippen LogP contribution in [0.5, 0.6) is 0 Å². The molecule has 0 radical (unpaired) electrons. The molecule has 4 heteroatoms. The first-order chi connectivity index (χ1) is 10.3. The molecule has 2 heterocycles. The van der Waals surface area contributed by atoms with Gasteiger partial charge >= 0.3 is 0 Å². The molecule has 3 rings (SSSR count). The van der Waals surface area contributed by atoms with Crippen LogP contribution in [0.3, 0.4) is 0 Å². The molecule has 2 N–H and O–H groups in total. The molecule has 2 aliphatic rings. The molecule has 116 valence electrons. The Morgan fingerprint density at radius 2 is 1.81 bits per heavy atom. The van der Waals surface area contributed by atoms with E-state index in [1.807, 2.05) is 12.4 Å². The summed E-state index contributed by atoms with van der Waals surface area (Å²) in [5, 5.41) is 13.8. The summed E-state index contributed by atoms with van der Waals surface area (Å²) >= 11 is 0. The molecular formula is C17H27N3O. The minimum Gasteiger partial charge on any atom is -0.392 e. The molecule has 2 unspecified atom stereocenters. The van der Waals surface area contributed by atoms with Gasteiger partial charge in [-0.1, -0.05) is 12.8 Å². The third-order valence-electron chi connectivity index (χ3n) is 4.92. The molecule has 0 aromatic carbocycles. The van der Waals surface area contributed by atoms with E-state index in [9.17, 15) is 5.11 Å². The summed E-state index contributed by atoms with van der Waals surface area (Å²) in [4.78, 5) is 6.59. The van der Waals surface area contributed by atoms with Crippen molar-refractivity contribution in [3.05, 3.63) is 30.1 Å². The number of nitrogens with one attached hydrogen (secondary N) is 1. The summed E-state index contributed by atoms with van der Waals surface area (Å²) in [6, 6.07) is 5.11. The zero-order chi connectivity index (χ0) is 14.5. The maximum absolute atomic E-state index is 10.1. The van der Waals surface area contributed by atoms with Crippen molar-refractivity contribution in [1.82, 2.24) is 15.2 Å². The van der Waals surface area contributed by atoms with E-state index in [4.69, 9.17) is 0 Å². The fourth-order valence-corrected chi connectivity index (χ4v) is 3.61. The van der Waals surface area contributed by atoms with Gasteiger partial charge in [0.2, 0.25) is 0 Å². The number of aliphatic hydroxyl groups excluding tert-OH is 1. The van der Waals surface area contributed by atoms with Gasteiger partial charge in [0.25, 0.3) is 0 Å². The molecule has 1 saturated carbocycles. The van der Waals surface area contributed by atoms with Gasteiger partial charge < -0.3 is 10.4 Å². The monoisotopic (exact) mass is 289 g/mol. The molecule has 4 nitrogen and oxygen atoms in total. The second kappa shape index (κ2) is 7.34. The van der Waals surface area contributed by atoms with Crippen LogP contribution in [-0.2, 0) is 6.54 Å². The van der Waals surface area contributed by atoms with E-state index >= 15 is 0 Å². The predicted octanol–water partition coefficient (Wildman–Crippen LogP) is 1.94. The number of nitrogens with zero attached hydrogens (tertiary/aromatic N) is 2. The van der Waals surface area contributed by atoms with Crippen LogP contribution in [0.15, 0.2) is 24.5 Å². The van der Waals surface area contributed by atoms with E-state index in [0.29, 0.717) is 12.1 Å². The lowest BCUT2D eigenvalue weighted by Gasteiger charge is -2.37. The average molecular weight is 289 g/mol. The van der Waals surface area contributed by atoms with Crippen molar-refractivity contribution in [2.45, 2.75) is 63.3 Å². The number of hydrogen-bond donors (Lipinski definition) is 2. The molecule has 2 atom stereocenters.